The summed E-state index contributed by atoms with van der Waals surface area (Å²) in [7, 11) is -7.49. The van der Waals surface area contributed by atoms with Crippen molar-refractivity contribution in [2.75, 3.05) is 0 Å². The van der Waals surface area contributed by atoms with Crippen LogP contribution in [0.1, 0.15) is 18.5 Å². The molecule has 6 nitrogen and oxygen atoms in total. The van der Waals surface area contributed by atoms with Gasteiger partial charge >= 0.3 is 0 Å². The summed E-state index contributed by atoms with van der Waals surface area (Å²) in [6.07, 6.45) is 0. The number of primary sulfonamides is 1. The first-order valence-electron chi connectivity index (χ1n) is 6.50. The van der Waals surface area contributed by atoms with E-state index in [2.05, 4.69) is 4.72 Å². The Morgan fingerprint density at radius 1 is 0.913 bits per heavy atom. The Morgan fingerprint density at radius 2 is 1.39 bits per heavy atom. The van der Waals surface area contributed by atoms with Crippen LogP contribution in [0.4, 0.5) is 0 Å². The van der Waals surface area contributed by atoms with Crippen LogP contribution >= 0.6 is 11.6 Å². The fourth-order valence-electron chi connectivity index (χ4n) is 1.93. The molecule has 0 amide bonds. The number of sulfonamides is 2. The lowest BCUT2D eigenvalue weighted by molar-refractivity contribution is 0.566. The van der Waals surface area contributed by atoms with Gasteiger partial charge in [0, 0.05) is 11.1 Å². The number of rotatable bonds is 5. The molecule has 0 aliphatic carbocycles. The molecule has 0 fully saturated rings. The van der Waals surface area contributed by atoms with Crippen molar-refractivity contribution in [1.82, 2.24) is 4.72 Å². The summed E-state index contributed by atoms with van der Waals surface area (Å²) in [5.41, 5.74) is 0.606. The minimum atomic E-state index is -3.78. The van der Waals surface area contributed by atoms with Gasteiger partial charge in [0.15, 0.2) is 0 Å². The van der Waals surface area contributed by atoms with Gasteiger partial charge in [-0.15, -0.1) is 0 Å². The van der Waals surface area contributed by atoms with Crippen LogP contribution in [0.15, 0.2) is 58.3 Å². The Hall–Kier alpha value is -1.45. The summed E-state index contributed by atoms with van der Waals surface area (Å²) in [4.78, 5) is 0.0592. The molecule has 0 bridgehead atoms. The van der Waals surface area contributed by atoms with Gasteiger partial charge in [0.25, 0.3) is 0 Å². The molecule has 0 unspecified atom stereocenters. The van der Waals surface area contributed by atoms with Crippen LogP contribution in [0.5, 0.6) is 0 Å². The molecule has 0 aliphatic rings. The molecule has 9 heteroatoms. The molecule has 1 atom stereocenters. The summed E-state index contributed by atoms with van der Waals surface area (Å²) in [5.74, 6) is 0. The van der Waals surface area contributed by atoms with Gasteiger partial charge in [-0.3, -0.25) is 0 Å². The standard InChI is InChI=1S/C14H15ClN2O4S2/c1-10(11-2-6-13(7-3-11)22(16,18)19)17-23(20,21)14-8-4-12(15)5-9-14/h2-10,17H,1H3,(H2,16,18,19)/t10-/m0/s1. The lowest BCUT2D eigenvalue weighted by Crippen LogP contribution is -2.27. The predicted octanol–water partition coefficient (Wildman–Crippen LogP) is 2.03. The zero-order valence-corrected chi connectivity index (χ0v) is 14.5. The number of nitrogens with one attached hydrogen (secondary N) is 1. The lowest BCUT2D eigenvalue weighted by Gasteiger charge is -2.15. The van der Waals surface area contributed by atoms with Crippen molar-refractivity contribution in [3.63, 3.8) is 0 Å². The summed E-state index contributed by atoms with van der Waals surface area (Å²) < 4.78 is 49.5. The Balaban J connectivity index is 2.21. The molecule has 23 heavy (non-hydrogen) atoms. The second-order valence-electron chi connectivity index (χ2n) is 4.91. The minimum Gasteiger partial charge on any atom is -0.225 e. The molecular formula is C14H15ClN2O4S2. The second kappa shape index (κ2) is 6.58. The molecule has 0 saturated heterocycles. The molecule has 0 aliphatic heterocycles. The fraction of sp³-hybridized carbons (Fsp3) is 0.143. The largest absolute Gasteiger partial charge is 0.241 e. The summed E-state index contributed by atoms with van der Waals surface area (Å²) >= 11 is 5.74. The van der Waals surface area contributed by atoms with Gasteiger partial charge in [-0.25, -0.2) is 26.7 Å². The highest BCUT2D eigenvalue weighted by Gasteiger charge is 2.18. The van der Waals surface area contributed by atoms with Crippen LogP contribution in [0, 0.1) is 0 Å². The van der Waals surface area contributed by atoms with E-state index in [0.29, 0.717) is 10.6 Å². The van der Waals surface area contributed by atoms with Gasteiger partial charge in [-0.2, -0.15) is 0 Å². The average molecular weight is 375 g/mol. The SMILES string of the molecule is C[C@H](NS(=O)(=O)c1ccc(Cl)cc1)c1ccc(S(N)(=O)=O)cc1. The van der Waals surface area contributed by atoms with Crippen molar-refractivity contribution < 1.29 is 16.8 Å². The smallest absolute Gasteiger partial charge is 0.225 e. The van der Waals surface area contributed by atoms with Crippen LogP contribution in [0.2, 0.25) is 5.02 Å². The van der Waals surface area contributed by atoms with E-state index in [0.717, 1.165) is 0 Å². The van der Waals surface area contributed by atoms with Crippen molar-refractivity contribution in [1.29, 1.82) is 0 Å². The maximum absolute atomic E-state index is 12.3. The van der Waals surface area contributed by atoms with E-state index in [1.165, 1.54) is 48.5 Å². The third-order valence-electron chi connectivity index (χ3n) is 3.16. The quantitative estimate of drug-likeness (QED) is 0.834. The first-order chi connectivity index (χ1) is 10.6. The van der Waals surface area contributed by atoms with Crippen LogP contribution in [0.25, 0.3) is 0 Å². The van der Waals surface area contributed by atoms with Crippen molar-refractivity contribution in [3.8, 4) is 0 Å². The molecule has 2 aromatic carbocycles. The Bertz CT molecular complexity index is 893. The number of nitrogens with two attached hydrogens (primary N) is 1. The molecule has 0 radical (unpaired) electrons. The predicted molar refractivity (Wildman–Crippen MR) is 88.0 cm³/mol. The first-order valence-corrected chi connectivity index (χ1v) is 9.91. The van der Waals surface area contributed by atoms with Gasteiger partial charge in [-0.05, 0) is 48.9 Å². The number of hydrogen-bond donors (Lipinski definition) is 2. The number of hydrogen-bond acceptors (Lipinski definition) is 4. The van der Waals surface area contributed by atoms with E-state index in [-0.39, 0.29) is 9.79 Å². The van der Waals surface area contributed by atoms with E-state index in [9.17, 15) is 16.8 Å². The van der Waals surface area contributed by atoms with Gasteiger partial charge in [0.05, 0.1) is 9.79 Å². The van der Waals surface area contributed by atoms with E-state index in [1.807, 2.05) is 0 Å². The van der Waals surface area contributed by atoms with Crippen molar-refractivity contribution in [3.05, 3.63) is 59.1 Å². The highest BCUT2D eigenvalue weighted by atomic mass is 35.5. The molecule has 3 N–H and O–H groups in total. The zero-order valence-electron chi connectivity index (χ0n) is 12.1. The van der Waals surface area contributed by atoms with E-state index in [1.54, 1.807) is 6.92 Å². The molecule has 2 aromatic rings. The third-order valence-corrected chi connectivity index (χ3v) is 5.90. The van der Waals surface area contributed by atoms with Gasteiger partial charge in [0.2, 0.25) is 20.0 Å². The summed E-state index contributed by atoms with van der Waals surface area (Å²) in [6, 6.07) is 10.9. The monoisotopic (exact) mass is 374 g/mol. The highest BCUT2D eigenvalue weighted by Crippen LogP contribution is 2.19. The molecule has 124 valence electrons. The molecule has 0 saturated carbocycles. The van der Waals surface area contributed by atoms with Crippen molar-refractivity contribution in [2.45, 2.75) is 22.8 Å². The number of halogens is 1. The number of benzene rings is 2. The van der Waals surface area contributed by atoms with E-state index < -0.39 is 26.1 Å². The molecule has 0 heterocycles. The highest BCUT2D eigenvalue weighted by molar-refractivity contribution is 7.89. The van der Waals surface area contributed by atoms with E-state index in [4.69, 9.17) is 16.7 Å². The molecule has 0 spiro atoms. The topological polar surface area (TPSA) is 106 Å². The normalized spacial score (nSPS) is 13.7. The Labute approximate surface area is 140 Å². The third kappa shape index (κ3) is 4.52. The second-order valence-corrected chi connectivity index (χ2v) is 8.62. The fourth-order valence-corrected chi connectivity index (χ4v) is 3.80. The zero-order chi connectivity index (χ0) is 17.3. The van der Waals surface area contributed by atoms with Crippen LogP contribution in [0.3, 0.4) is 0 Å². The van der Waals surface area contributed by atoms with Gasteiger partial charge < -0.3 is 0 Å². The first kappa shape index (κ1) is 17.9. The lowest BCUT2D eigenvalue weighted by atomic mass is 10.1. The minimum absolute atomic E-state index is 0.0333. The summed E-state index contributed by atoms with van der Waals surface area (Å²) in [5, 5.41) is 5.46. The van der Waals surface area contributed by atoms with E-state index >= 15 is 0 Å². The maximum Gasteiger partial charge on any atom is 0.241 e. The Kier molecular flexibility index (Phi) is 5.12. The molecule has 2 rings (SSSR count). The summed E-state index contributed by atoms with van der Waals surface area (Å²) in [6.45, 7) is 1.65. The van der Waals surface area contributed by atoms with Gasteiger partial charge in [0.1, 0.15) is 0 Å². The van der Waals surface area contributed by atoms with Crippen molar-refractivity contribution >= 4 is 31.6 Å². The Morgan fingerprint density at radius 3 is 1.87 bits per heavy atom. The van der Waals surface area contributed by atoms with Gasteiger partial charge in [-0.1, -0.05) is 23.7 Å². The van der Waals surface area contributed by atoms with Crippen molar-refractivity contribution in [2.24, 2.45) is 5.14 Å². The van der Waals surface area contributed by atoms with Crippen LogP contribution in [-0.2, 0) is 20.0 Å². The maximum atomic E-state index is 12.3. The van der Waals surface area contributed by atoms with Crippen LogP contribution in [-0.4, -0.2) is 16.8 Å². The average Bonchev–Trinajstić information content (AvgIpc) is 2.46. The van der Waals surface area contributed by atoms with Crippen LogP contribution < -0.4 is 9.86 Å². The molecular weight excluding hydrogens is 360 g/mol. The molecule has 0 aromatic heterocycles.